The summed E-state index contributed by atoms with van der Waals surface area (Å²) in [5, 5.41) is 12.0. The number of hydrogen-bond donors (Lipinski definition) is 0. The fourth-order valence-electron chi connectivity index (χ4n) is 2.56. The number of fused-ring (bicyclic) bond motifs is 1. The zero-order valence-corrected chi connectivity index (χ0v) is 16.9. The molecular formula is C18H16N4O2S3. The predicted octanol–water partition coefficient (Wildman–Crippen LogP) is 4.47. The van der Waals surface area contributed by atoms with Crippen molar-refractivity contribution < 1.29 is 9.53 Å². The molecule has 0 amide bonds. The molecule has 0 radical (unpaired) electrons. The van der Waals surface area contributed by atoms with Crippen LogP contribution in [0.25, 0.3) is 20.9 Å². The molecule has 1 aromatic carbocycles. The summed E-state index contributed by atoms with van der Waals surface area (Å²) in [7, 11) is 0. The molecule has 4 aromatic rings. The van der Waals surface area contributed by atoms with Crippen LogP contribution in [-0.2, 0) is 22.7 Å². The van der Waals surface area contributed by atoms with Gasteiger partial charge in [-0.2, -0.15) is 0 Å². The minimum Gasteiger partial charge on any atom is -0.458 e. The number of benzene rings is 1. The molecule has 0 aliphatic rings. The Hall–Kier alpha value is -2.23. The van der Waals surface area contributed by atoms with Gasteiger partial charge in [-0.05, 0) is 30.5 Å². The van der Waals surface area contributed by atoms with Crippen LogP contribution in [0.15, 0.2) is 46.9 Å². The zero-order chi connectivity index (χ0) is 18.6. The number of thiazole rings is 1. The summed E-state index contributed by atoms with van der Waals surface area (Å²) in [4.78, 5) is 17.7. The van der Waals surface area contributed by atoms with E-state index in [0.29, 0.717) is 0 Å². The van der Waals surface area contributed by atoms with E-state index in [9.17, 15) is 4.79 Å². The van der Waals surface area contributed by atoms with Gasteiger partial charge in [0.2, 0.25) is 0 Å². The third-order valence-corrected chi connectivity index (χ3v) is 6.60. The van der Waals surface area contributed by atoms with Crippen molar-refractivity contribution in [2.75, 3.05) is 5.75 Å². The van der Waals surface area contributed by atoms with Gasteiger partial charge in [0, 0.05) is 6.54 Å². The molecule has 3 aromatic heterocycles. The summed E-state index contributed by atoms with van der Waals surface area (Å²) in [6.45, 7) is 2.97. The van der Waals surface area contributed by atoms with Crippen molar-refractivity contribution in [3.63, 3.8) is 0 Å². The van der Waals surface area contributed by atoms with E-state index in [2.05, 4.69) is 15.2 Å². The quantitative estimate of drug-likeness (QED) is 0.327. The third-order valence-electron chi connectivity index (χ3n) is 3.79. The second-order valence-electron chi connectivity index (χ2n) is 5.55. The van der Waals surface area contributed by atoms with Crippen LogP contribution in [0.4, 0.5) is 0 Å². The molecule has 0 spiro atoms. The number of thiophene rings is 1. The first-order chi connectivity index (χ1) is 13.2. The van der Waals surface area contributed by atoms with Gasteiger partial charge in [-0.15, -0.1) is 32.9 Å². The summed E-state index contributed by atoms with van der Waals surface area (Å²) in [6, 6.07) is 11.9. The van der Waals surface area contributed by atoms with Crippen molar-refractivity contribution in [1.82, 2.24) is 19.7 Å². The summed E-state index contributed by atoms with van der Waals surface area (Å²) < 4.78 is 8.47. The molecule has 0 saturated heterocycles. The van der Waals surface area contributed by atoms with Gasteiger partial charge >= 0.3 is 5.97 Å². The molecule has 3 heterocycles. The Labute approximate surface area is 168 Å². The van der Waals surface area contributed by atoms with Gasteiger partial charge in [-0.1, -0.05) is 30.0 Å². The average molecular weight is 417 g/mol. The first-order valence-corrected chi connectivity index (χ1v) is 11.0. The van der Waals surface area contributed by atoms with Crippen molar-refractivity contribution in [1.29, 1.82) is 0 Å². The molecule has 27 heavy (non-hydrogen) atoms. The highest BCUT2D eigenvalue weighted by molar-refractivity contribution is 7.99. The lowest BCUT2D eigenvalue weighted by molar-refractivity contribution is -0.141. The number of esters is 1. The molecular weight excluding hydrogens is 400 g/mol. The van der Waals surface area contributed by atoms with E-state index < -0.39 is 0 Å². The lowest BCUT2D eigenvalue weighted by Crippen LogP contribution is -2.08. The van der Waals surface area contributed by atoms with Crippen LogP contribution in [0.5, 0.6) is 0 Å². The van der Waals surface area contributed by atoms with Gasteiger partial charge in [-0.3, -0.25) is 4.79 Å². The summed E-state index contributed by atoms with van der Waals surface area (Å²) >= 11 is 4.50. The van der Waals surface area contributed by atoms with E-state index in [-0.39, 0.29) is 18.3 Å². The fourth-order valence-corrected chi connectivity index (χ4v) is 4.96. The highest BCUT2D eigenvalue weighted by Crippen LogP contribution is 2.27. The Morgan fingerprint density at radius 3 is 2.89 bits per heavy atom. The normalized spacial score (nSPS) is 11.1. The molecule has 0 atom stereocenters. The number of carbonyl (C=O) groups excluding carboxylic acids is 1. The number of rotatable bonds is 7. The second kappa shape index (κ2) is 8.20. The van der Waals surface area contributed by atoms with Gasteiger partial charge in [0.25, 0.3) is 0 Å². The van der Waals surface area contributed by atoms with Crippen molar-refractivity contribution >= 4 is 50.6 Å². The third kappa shape index (κ3) is 4.05. The highest BCUT2D eigenvalue weighted by atomic mass is 32.2. The van der Waals surface area contributed by atoms with Gasteiger partial charge in [-0.25, -0.2) is 4.98 Å². The molecule has 0 unspecified atom stereocenters. The number of para-hydroxylation sites is 1. The van der Waals surface area contributed by atoms with Gasteiger partial charge in [0.15, 0.2) is 11.0 Å². The molecule has 0 aliphatic heterocycles. The Kier molecular flexibility index (Phi) is 5.51. The predicted molar refractivity (Wildman–Crippen MR) is 109 cm³/mol. The van der Waals surface area contributed by atoms with Crippen molar-refractivity contribution in [3.05, 3.63) is 46.8 Å². The van der Waals surface area contributed by atoms with E-state index in [1.165, 1.54) is 11.8 Å². The Morgan fingerprint density at radius 2 is 2.11 bits per heavy atom. The number of aromatic nitrogens is 4. The number of carbonyl (C=O) groups is 1. The van der Waals surface area contributed by atoms with E-state index in [4.69, 9.17) is 4.74 Å². The topological polar surface area (TPSA) is 69.9 Å². The lowest BCUT2D eigenvalue weighted by atomic mass is 10.3. The minimum atomic E-state index is -0.289. The number of nitrogens with zero attached hydrogens (tertiary/aromatic N) is 4. The Balaban J connectivity index is 1.35. The molecule has 9 heteroatoms. The van der Waals surface area contributed by atoms with Crippen LogP contribution in [0.2, 0.25) is 0 Å². The summed E-state index contributed by atoms with van der Waals surface area (Å²) in [5.41, 5.74) is 0.931. The Bertz CT molecular complexity index is 1020. The highest BCUT2D eigenvalue weighted by Gasteiger charge is 2.16. The van der Waals surface area contributed by atoms with Crippen molar-refractivity contribution in [2.24, 2.45) is 0 Å². The monoisotopic (exact) mass is 416 g/mol. The molecule has 4 rings (SSSR count). The number of hydrogen-bond acceptors (Lipinski definition) is 8. The van der Waals surface area contributed by atoms with E-state index >= 15 is 0 Å². The van der Waals surface area contributed by atoms with Gasteiger partial charge < -0.3 is 9.30 Å². The number of ether oxygens (including phenoxy) is 1. The largest absolute Gasteiger partial charge is 0.458 e. The summed E-state index contributed by atoms with van der Waals surface area (Å²) in [5.74, 6) is 0.730. The number of thioether (sulfide) groups is 1. The van der Waals surface area contributed by atoms with Crippen molar-refractivity contribution in [3.8, 4) is 10.7 Å². The SMILES string of the molecule is CCn1c(SCC(=O)OCc2nc3ccccc3s2)nnc1-c1cccs1. The average Bonchev–Trinajstić information content (AvgIpc) is 3.42. The Morgan fingerprint density at radius 1 is 1.22 bits per heavy atom. The molecule has 138 valence electrons. The molecule has 0 saturated carbocycles. The van der Waals surface area contributed by atoms with Crippen LogP contribution < -0.4 is 0 Å². The lowest BCUT2D eigenvalue weighted by Gasteiger charge is -2.06. The smallest absolute Gasteiger partial charge is 0.316 e. The molecule has 0 fully saturated rings. The van der Waals surface area contributed by atoms with Crippen LogP contribution in [0.1, 0.15) is 11.9 Å². The summed E-state index contributed by atoms with van der Waals surface area (Å²) in [6.07, 6.45) is 0. The standard InChI is InChI=1S/C18H16N4O2S3/c1-2-22-17(14-8-5-9-25-14)20-21-18(22)26-11-16(23)24-10-15-19-12-6-3-4-7-13(12)27-15/h3-9H,2,10-11H2,1H3. The van der Waals surface area contributed by atoms with Crippen molar-refractivity contribution in [2.45, 2.75) is 25.2 Å². The van der Waals surface area contributed by atoms with Gasteiger partial charge in [0.05, 0.1) is 20.8 Å². The molecule has 0 bridgehead atoms. The second-order valence-corrected chi connectivity index (χ2v) is 8.56. The van der Waals surface area contributed by atoms with Crippen LogP contribution in [-0.4, -0.2) is 31.5 Å². The van der Waals surface area contributed by atoms with E-state index in [0.717, 1.165) is 37.6 Å². The van der Waals surface area contributed by atoms with Crippen LogP contribution >= 0.6 is 34.4 Å². The first-order valence-electron chi connectivity index (χ1n) is 8.34. The first kappa shape index (κ1) is 18.1. The van der Waals surface area contributed by atoms with Gasteiger partial charge in [0.1, 0.15) is 11.6 Å². The molecule has 6 nitrogen and oxygen atoms in total. The maximum atomic E-state index is 12.1. The van der Waals surface area contributed by atoms with Crippen LogP contribution in [0, 0.1) is 0 Å². The molecule has 0 aliphatic carbocycles. The molecule has 0 N–H and O–H groups in total. The minimum absolute atomic E-state index is 0.188. The maximum Gasteiger partial charge on any atom is 0.316 e. The maximum absolute atomic E-state index is 12.1. The van der Waals surface area contributed by atoms with E-state index in [1.54, 1.807) is 22.7 Å². The van der Waals surface area contributed by atoms with E-state index in [1.807, 2.05) is 53.3 Å². The van der Waals surface area contributed by atoms with Crippen LogP contribution in [0.3, 0.4) is 0 Å². The zero-order valence-electron chi connectivity index (χ0n) is 14.5. The fraction of sp³-hybridized carbons (Fsp3) is 0.222.